The lowest BCUT2D eigenvalue weighted by Crippen LogP contribution is -1.77. The molecule has 0 radical (unpaired) electrons. The number of halogens is 2. The summed E-state index contributed by atoms with van der Waals surface area (Å²) in [5.74, 6) is -0.211. The average molecular weight is 177 g/mol. The average Bonchev–Trinajstić information content (AvgIpc) is 1.94. The van der Waals surface area contributed by atoms with E-state index in [1.807, 2.05) is 6.26 Å². The van der Waals surface area contributed by atoms with Crippen LogP contribution in [0, 0.1) is 5.82 Å². The molecule has 0 spiro atoms. The second-order valence-corrected chi connectivity index (χ2v) is 3.06. The fraction of sp³-hybridized carbons (Fsp3) is 0.143. The summed E-state index contributed by atoms with van der Waals surface area (Å²) < 4.78 is 12.7. The summed E-state index contributed by atoms with van der Waals surface area (Å²) in [6.07, 6.45) is 1.81. The third kappa shape index (κ3) is 1.64. The van der Waals surface area contributed by atoms with Crippen molar-refractivity contribution >= 4 is 23.4 Å². The highest BCUT2D eigenvalue weighted by Gasteiger charge is 1.99. The molecule has 54 valence electrons. The van der Waals surface area contributed by atoms with E-state index in [2.05, 4.69) is 0 Å². The largest absolute Gasteiger partial charge is 0.206 e. The summed E-state index contributed by atoms with van der Waals surface area (Å²) in [5.41, 5.74) is 0. The molecule has 0 unspecified atom stereocenters. The van der Waals surface area contributed by atoms with Gasteiger partial charge in [0.05, 0.1) is 0 Å². The lowest BCUT2D eigenvalue weighted by Gasteiger charge is -1.97. The van der Waals surface area contributed by atoms with Crippen molar-refractivity contribution in [3.8, 4) is 0 Å². The highest BCUT2D eigenvalue weighted by molar-refractivity contribution is 7.98. The molecule has 1 rings (SSSR count). The lowest BCUT2D eigenvalue weighted by molar-refractivity contribution is 0.602. The van der Waals surface area contributed by atoms with E-state index in [9.17, 15) is 4.39 Å². The van der Waals surface area contributed by atoms with Gasteiger partial charge in [0.1, 0.15) is 5.82 Å². The van der Waals surface area contributed by atoms with Crippen molar-refractivity contribution < 1.29 is 4.39 Å². The van der Waals surface area contributed by atoms with Crippen LogP contribution < -0.4 is 0 Å². The molecule has 1 aromatic carbocycles. The number of rotatable bonds is 1. The number of benzene rings is 1. The molecule has 0 aliphatic carbocycles. The van der Waals surface area contributed by atoms with Crippen molar-refractivity contribution in [2.75, 3.05) is 6.26 Å². The molecular formula is C7H6ClFS. The Morgan fingerprint density at radius 2 is 2.20 bits per heavy atom. The Hall–Kier alpha value is -0.210. The normalized spacial score (nSPS) is 9.90. The fourth-order valence-corrected chi connectivity index (χ4v) is 1.38. The molecule has 0 amide bonds. The third-order valence-corrected chi connectivity index (χ3v) is 2.10. The molecule has 0 saturated heterocycles. The minimum Gasteiger partial charge on any atom is -0.206 e. The Morgan fingerprint density at radius 1 is 1.50 bits per heavy atom. The van der Waals surface area contributed by atoms with Gasteiger partial charge < -0.3 is 0 Å². The summed E-state index contributed by atoms with van der Waals surface area (Å²) in [4.78, 5) is 0.590. The van der Waals surface area contributed by atoms with Gasteiger partial charge in [-0.2, -0.15) is 0 Å². The quantitative estimate of drug-likeness (QED) is 0.593. The molecule has 0 aliphatic rings. The van der Waals surface area contributed by atoms with Crippen LogP contribution in [0.5, 0.6) is 0 Å². The van der Waals surface area contributed by atoms with Crippen LogP contribution in [0.25, 0.3) is 0 Å². The Balaban J connectivity index is 3.09. The van der Waals surface area contributed by atoms with E-state index >= 15 is 0 Å². The van der Waals surface area contributed by atoms with E-state index in [0.717, 1.165) is 0 Å². The first-order valence-electron chi connectivity index (χ1n) is 2.73. The van der Waals surface area contributed by atoms with Gasteiger partial charge >= 0.3 is 0 Å². The standard InChI is InChI=1S/C7H6ClFS/c1-10-7-4-5(8)2-3-6(7)9/h2-4H,1H3. The van der Waals surface area contributed by atoms with Crippen molar-refractivity contribution in [1.29, 1.82) is 0 Å². The van der Waals surface area contributed by atoms with Crippen LogP contribution in [0.4, 0.5) is 4.39 Å². The molecule has 1 aromatic rings. The van der Waals surface area contributed by atoms with E-state index in [-0.39, 0.29) is 5.82 Å². The monoisotopic (exact) mass is 176 g/mol. The summed E-state index contributed by atoms with van der Waals surface area (Å²) in [6, 6.07) is 4.52. The SMILES string of the molecule is CSc1cc(Cl)ccc1F. The highest BCUT2D eigenvalue weighted by Crippen LogP contribution is 2.22. The van der Waals surface area contributed by atoms with E-state index in [1.165, 1.54) is 23.9 Å². The van der Waals surface area contributed by atoms with E-state index in [4.69, 9.17) is 11.6 Å². The molecular weight excluding hydrogens is 171 g/mol. The maximum absolute atomic E-state index is 12.7. The molecule has 10 heavy (non-hydrogen) atoms. The van der Waals surface area contributed by atoms with Gasteiger partial charge in [0.2, 0.25) is 0 Å². The van der Waals surface area contributed by atoms with E-state index in [0.29, 0.717) is 9.92 Å². The molecule has 0 atom stereocenters. The van der Waals surface area contributed by atoms with Gasteiger partial charge in [-0.3, -0.25) is 0 Å². The number of hydrogen-bond donors (Lipinski definition) is 0. The zero-order chi connectivity index (χ0) is 7.56. The topological polar surface area (TPSA) is 0 Å². The Labute approximate surface area is 68.4 Å². The molecule has 0 fully saturated rings. The third-order valence-electron chi connectivity index (χ3n) is 1.11. The molecule has 3 heteroatoms. The van der Waals surface area contributed by atoms with Crippen molar-refractivity contribution in [1.82, 2.24) is 0 Å². The van der Waals surface area contributed by atoms with Gasteiger partial charge in [-0.25, -0.2) is 4.39 Å². The van der Waals surface area contributed by atoms with Gasteiger partial charge in [0, 0.05) is 9.92 Å². The first-order chi connectivity index (χ1) is 4.74. The highest BCUT2D eigenvalue weighted by atomic mass is 35.5. The van der Waals surface area contributed by atoms with Crippen LogP contribution in [-0.4, -0.2) is 6.26 Å². The summed E-state index contributed by atoms with van der Waals surface area (Å²) >= 11 is 6.97. The van der Waals surface area contributed by atoms with Crippen LogP contribution in [-0.2, 0) is 0 Å². The molecule has 0 bridgehead atoms. The van der Waals surface area contributed by atoms with Crippen LogP contribution in [0.3, 0.4) is 0 Å². The summed E-state index contributed by atoms with van der Waals surface area (Å²) in [5, 5.41) is 0.575. The molecule has 0 N–H and O–H groups in total. The van der Waals surface area contributed by atoms with E-state index < -0.39 is 0 Å². The number of thioether (sulfide) groups is 1. The minimum absolute atomic E-state index is 0.211. The van der Waals surface area contributed by atoms with Crippen molar-refractivity contribution in [3.63, 3.8) is 0 Å². The van der Waals surface area contributed by atoms with Crippen molar-refractivity contribution in [2.45, 2.75) is 4.90 Å². The van der Waals surface area contributed by atoms with Gasteiger partial charge in [-0.1, -0.05) is 11.6 Å². The zero-order valence-corrected chi connectivity index (χ0v) is 6.97. The molecule has 0 aliphatic heterocycles. The fourth-order valence-electron chi connectivity index (χ4n) is 0.634. The maximum atomic E-state index is 12.7. The van der Waals surface area contributed by atoms with Crippen molar-refractivity contribution in [3.05, 3.63) is 29.0 Å². The van der Waals surface area contributed by atoms with Gasteiger partial charge in [-0.15, -0.1) is 11.8 Å². The number of hydrogen-bond acceptors (Lipinski definition) is 1. The Bertz CT molecular complexity index is 237. The van der Waals surface area contributed by atoms with Gasteiger partial charge in [-0.05, 0) is 24.5 Å². The molecule has 0 aromatic heterocycles. The van der Waals surface area contributed by atoms with Crippen LogP contribution in [0.15, 0.2) is 23.1 Å². The molecule has 0 heterocycles. The second-order valence-electron chi connectivity index (χ2n) is 1.78. The maximum Gasteiger partial charge on any atom is 0.136 e. The predicted molar refractivity (Wildman–Crippen MR) is 43.2 cm³/mol. The van der Waals surface area contributed by atoms with Crippen LogP contribution in [0.1, 0.15) is 0 Å². The first kappa shape index (κ1) is 7.89. The predicted octanol–water partition coefficient (Wildman–Crippen LogP) is 3.20. The summed E-state index contributed by atoms with van der Waals surface area (Å²) in [7, 11) is 0. The van der Waals surface area contributed by atoms with Crippen molar-refractivity contribution in [2.24, 2.45) is 0 Å². The Morgan fingerprint density at radius 3 is 2.70 bits per heavy atom. The Kier molecular flexibility index (Phi) is 2.57. The zero-order valence-electron chi connectivity index (χ0n) is 5.40. The van der Waals surface area contributed by atoms with Crippen LogP contribution >= 0.6 is 23.4 Å². The molecule has 0 nitrogen and oxygen atoms in total. The summed E-state index contributed by atoms with van der Waals surface area (Å²) in [6.45, 7) is 0. The van der Waals surface area contributed by atoms with E-state index in [1.54, 1.807) is 6.07 Å². The van der Waals surface area contributed by atoms with Crippen LogP contribution in [0.2, 0.25) is 5.02 Å². The second kappa shape index (κ2) is 3.26. The van der Waals surface area contributed by atoms with Gasteiger partial charge in [0.25, 0.3) is 0 Å². The lowest BCUT2D eigenvalue weighted by atomic mass is 10.3. The molecule has 0 saturated carbocycles. The van der Waals surface area contributed by atoms with Gasteiger partial charge in [0.15, 0.2) is 0 Å². The minimum atomic E-state index is -0.211. The smallest absolute Gasteiger partial charge is 0.136 e. The first-order valence-corrected chi connectivity index (χ1v) is 4.33.